The predicted molar refractivity (Wildman–Crippen MR) is 66.5 cm³/mol. The van der Waals surface area contributed by atoms with Crippen molar-refractivity contribution >= 4 is 15.7 Å². The van der Waals surface area contributed by atoms with E-state index in [4.69, 9.17) is 0 Å². The summed E-state index contributed by atoms with van der Waals surface area (Å²) in [5, 5.41) is 8.22. The van der Waals surface area contributed by atoms with E-state index in [0.29, 0.717) is 12.4 Å². The quantitative estimate of drug-likeness (QED) is 0.807. The van der Waals surface area contributed by atoms with Gasteiger partial charge in [0.05, 0.1) is 12.3 Å². The maximum absolute atomic E-state index is 11.7. The van der Waals surface area contributed by atoms with E-state index in [1.165, 1.54) is 10.6 Å². The first-order chi connectivity index (χ1) is 8.57. The molecule has 1 atom stereocenters. The van der Waals surface area contributed by atoms with Crippen LogP contribution in [0.3, 0.4) is 0 Å². The molecule has 2 aromatic rings. The third-order valence-electron chi connectivity index (χ3n) is 3.27. The van der Waals surface area contributed by atoms with Crippen molar-refractivity contribution in [3.63, 3.8) is 0 Å². The molecule has 0 radical (unpaired) electrons. The van der Waals surface area contributed by atoms with Crippen LogP contribution in [0, 0.1) is 0 Å². The van der Waals surface area contributed by atoms with Crippen LogP contribution in [0.5, 0.6) is 0 Å². The maximum Gasteiger partial charge on any atom is 0.211 e. The Kier molecular flexibility index (Phi) is 2.60. The van der Waals surface area contributed by atoms with Gasteiger partial charge in [-0.1, -0.05) is 6.07 Å². The van der Waals surface area contributed by atoms with Crippen molar-refractivity contribution in [2.75, 3.05) is 12.8 Å². The van der Waals surface area contributed by atoms with Crippen molar-refractivity contribution in [1.29, 1.82) is 0 Å². The van der Waals surface area contributed by atoms with Crippen LogP contribution in [-0.2, 0) is 10.0 Å². The second kappa shape index (κ2) is 4.03. The Bertz CT molecular complexity index is 679. The number of fused-ring (bicyclic) bond motifs is 1. The van der Waals surface area contributed by atoms with Gasteiger partial charge in [0, 0.05) is 12.7 Å². The van der Waals surface area contributed by atoms with Crippen LogP contribution in [-0.4, -0.2) is 40.1 Å². The van der Waals surface area contributed by atoms with E-state index in [-0.39, 0.29) is 6.04 Å². The summed E-state index contributed by atoms with van der Waals surface area (Å²) in [5.41, 5.74) is 0.743. The molecule has 1 fully saturated rings. The molecule has 0 amide bonds. The van der Waals surface area contributed by atoms with Crippen molar-refractivity contribution in [2.24, 2.45) is 0 Å². The lowest BCUT2D eigenvalue weighted by molar-refractivity contribution is 0.384. The Morgan fingerprint density at radius 3 is 2.94 bits per heavy atom. The highest BCUT2D eigenvalue weighted by molar-refractivity contribution is 7.88. The van der Waals surface area contributed by atoms with Crippen LogP contribution in [0.2, 0.25) is 0 Å². The molecule has 0 aliphatic carbocycles. The highest BCUT2D eigenvalue weighted by Crippen LogP contribution is 2.32. The topological polar surface area (TPSA) is 67.6 Å². The standard InChI is InChI=1S/C11H14N4O2S/c1-18(16,17)15-8-4-5-9(15)11-13-12-10-6-2-3-7-14(10)11/h2-3,6-7,9H,4-5,8H2,1H3. The smallest absolute Gasteiger partial charge is 0.211 e. The van der Waals surface area contributed by atoms with Crippen molar-refractivity contribution in [2.45, 2.75) is 18.9 Å². The third kappa shape index (κ3) is 1.79. The summed E-state index contributed by atoms with van der Waals surface area (Å²) >= 11 is 0. The molecule has 0 spiro atoms. The van der Waals surface area contributed by atoms with Crippen LogP contribution in [0.15, 0.2) is 24.4 Å². The van der Waals surface area contributed by atoms with Gasteiger partial charge in [-0.3, -0.25) is 4.40 Å². The Labute approximate surface area is 105 Å². The van der Waals surface area contributed by atoms with Gasteiger partial charge < -0.3 is 0 Å². The van der Waals surface area contributed by atoms with Gasteiger partial charge in [0.1, 0.15) is 0 Å². The zero-order valence-electron chi connectivity index (χ0n) is 10.0. The molecule has 0 saturated carbocycles. The Morgan fingerprint density at radius 1 is 1.33 bits per heavy atom. The summed E-state index contributed by atoms with van der Waals surface area (Å²) in [6.07, 6.45) is 4.76. The fourth-order valence-electron chi connectivity index (χ4n) is 2.48. The van der Waals surface area contributed by atoms with E-state index in [0.717, 1.165) is 18.5 Å². The molecule has 1 aliphatic rings. The molecule has 6 nitrogen and oxygen atoms in total. The first-order valence-electron chi connectivity index (χ1n) is 5.84. The van der Waals surface area contributed by atoms with E-state index in [2.05, 4.69) is 10.2 Å². The van der Waals surface area contributed by atoms with Gasteiger partial charge in [0.25, 0.3) is 0 Å². The van der Waals surface area contributed by atoms with Crippen molar-refractivity contribution in [1.82, 2.24) is 18.9 Å². The van der Waals surface area contributed by atoms with E-state index < -0.39 is 10.0 Å². The molecule has 96 valence electrons. The molecule has 2 aromatic heterocycles. The molecular weight excluding hydrogens is 252 g/mol. The largest absolute Gasteiger partial charge is 0.285 e. The molecule has 1 aliphatic heterocycles. The van der Waals surface area contributed by atoms with Gasteiger partial charge in [-0.05, 0) is 25.0 Å². The average molecular weight is 266 g/mol. The number of nitrogens with zero attached hydrogens (tertiary/aromatic N) is 4. The molecule has 1 saturated heterocycles. The van der Waals surface area contributed by atoms with Crippen LogP contribution in [0.4, 0.5) is 0 Å². The predicted octanol–water partition coefficient (Wildman–Crippen LogP) is 0.826. The highest BCUT2D eigenvalue weighted by Gasteiger charge is 2.35. The van der Waals surface area contributed by atoms with Gasteiger partial charge in [0.15, 0.2) is 11.5 Å². The van der Waals surface area contributed by atoms with Gasteiger partial charge in [-0.25, -0.2) is 8.42 Å². The number of aromatic nitrogens is 3. The Morgan fingerprint density at radius 2 is 2.17 bits per heavy atom. The first-order valence-corrected chi connectivity index (χ1v) is 7.69. The second-order valence-corrected chi connectivity index (χ2v) is 6.45. The van der Waals surface area contributed by atoms with Crippen molar-refractivity contribution in [3.8, 4) is 0 Å². The lowest BCUT2D eigenvalue weighted by atomic mass is 10.2. The number of pyridine rings is 1. The van der Waals surface area contributed by atoms with E-state index in [9.17, 15) is 8.42 Å². The maximum atomic E-state index is 11.7. The summed E-state index contributed by atoms with van der Waals surface area (Å²) in [6, 6.07) is 5.43. The molecule has 3 rings (SSSR count). The monoisotopic (exact) mass is 266 g/mol. The zero-order valence-corrected chi connectivity index (χ0v) is 10.8. The van der Waals surface area contributed by atoms with Crippen LogP contribution in [0.1, 0.15) is 24.7 Å². The number of hydrogen-bond acceptors (Lipinski definition) is 4. The molecule has 0 aromatic carbocycles. The molecule has 18 heavy (non-hydrogen) atoms. The SMILES string of the molecule is CS(=O)(=O)N1CCCC1c1nnc2ccccn12. The van der Waals surface area contributed by atoms with Crippen molar-refractivity contribution < 1.29 is 8.42 Å². The zero-order chi connectivity index (χ0) is 12.8. The summed E-state index contributed by atoms with van der Waals surface area (Å²) < 4.78 is 26.9. The molecule has 7 heteroatoms. The van der Waals surface area contributed by atoms with Gasteiger partial charge >= 0.3 is 0 Å². The lowest BCUT2D eigenvalue weighted by Gasteiger charge is -2.20. The minimum Gasteiger partial charge on any atom is -0.285 e. The minimum atomic E-state index is -3.19. The Balaban J connectivity index is 2.09. The summed E-state index contributed by atoms with van der Waals surface area (Å²) in [7, 11) is -3.19. The molecule has 0 N–H and O–H groups in total. The van der Waals surface area contributed by atoms with Crippen molar-refractivity contribution in [3.05, 3.63) is 30.2 Å². The van der Waals surface area contributed by atoms with Crippen LogP contribution < -0.4 is 0 Å². The van der Waals surface area contributed by atoms with E-state index in [1.807, 2.05) is 28.8 Å². The minimum absolute atomic E-state index is 0.197. The van der Waals surface area contributed by atoms with Gasteiger partial charge in [0.2, 0.25) is 10.0 Å². The summed E-state index contributed by atoms with van der Waals surface area (Å²) in [4.78, 5) is 0. The average Bonchev–Trinajstić information content (AvgIpc) is 2.93. The lowest BCUT2D eigenvalue weighted by Crippen LogP contribution is -2.30. The Hall–Kier alpha value is -1.47. The molecular formula is C11H14N4O2S. The van der Waals surface area contributed by atoms with Crippen LogP contribution in [0.25, 0.3) is 5.65 Å². The molecule has 3 heterocycles. The molecule has 0 bridgehead atoms. The third-order valence-corrected chi connectivity index (χ3v) is 4.56. The number of hydrogen-bond donors (Lipinski definition) is 0. The normalized spacial score (nSPS) is 21.7. The highest BCUT2D eigenvalue weighted by atomic mass is 32.2. The van der Waals surface area contributed by atoms with E-state index in [1.54, 1.807) is 0 Å². The number of rotatable bonds is 2. The first kappa shape index (κ1) is 11.6. The second-order valence-electron chi connectivity index (χ2n) is 4.52. The van der Waals surface area contributed by atoms with Crippen LogP contribution >= 0.6 is 0 Å². The fourth-order valence-corrected chi connectivity index (χ4v) is 3.60. The fraction of sp³-hybridized carbons (Fsp3) is 0.455. The van der Waals surface area contributed by atoms with E-state index >= 15 is 0 Å². The van der Waals surface area contributed by atoms with Gasteiger partial charge in [-0.2, -0.15) is 4.31 Å². The summed E-state index contributed by atoms with van der Waals surface area (Å²) in [6.45, 7) is 0.561. The summed E-state index contributed by atoms with van der Waals surface area (Å²) in [5.74, 6) is 0.702. The molecule has 1 unspecified atom stereocenters. The number of sulfonamides is 1. The van der Waals surface area contributed by atoms with Gasteiger partial charge in [-0.15, -0.1) is 10.2 Å².